The van der Waals surface area contributed by atoms with Gasteiger partial charge in [-0.1, -0.05) is 17.4 Å². The Labute approximate surface area is 199 Å². The minimum Gasteiger partial charge on any atom is -0.454 e. The van der Waals surface area contributed by atoms with Crippen molar-refractivity contribution >= 4 is 22.6 Å². The number of ether oxygens (including phenoxy) is 3. The number of carbonyl (C=O) groups excluding carboxylic acids is 1. The number of carbonyl (C=O) groups is 1. The van der Waals surface area contributed by atoms with E-state index in [1.165, 1.54) is 10.4 Å². The predicted molar refractivity (Wildman–Crippen MR) is 127 cm³/mol. The van der Waals surface area contributed by atoms with Gasteiger partial charge in [0, 0.05) is 50.1 Å². The normalized spacial score (nSPS) is 19.4. The molecule has 3 aliphatic heterocycles. The van der Waals surface area contributed by atoms with Crippen LogP contribution in [-0.4, -0.2) is 66.0 Å². The van der Waals surface area contributed by atoms with E-state index in [0.29, 0.717) is 25.9 Å². The fourth-order valence-corrected chi connectivity index (χ4v) is 5.66. The summed E-state index contributed by atoms with van der Waals surface area (Å²) >= 11 is 1.72. The number of hydrogen-bond donors (Lipinski definition) is 0. The molecule has 3 aliphatic rings. The van der Waals surface area contributed by atoms with Crippen molar-refractivity contribution in [2.24, 2.45) is 0 Å². The number of rotatable bonds is 3. The second-order valence-electron chi connectivity index (χ2n) is 9.83. The van der Waals surface area contributed by atoms with Crippen molar-refractivity contribution in [2.75, 3.05) is 44.4 Å². The first kappa shape index (κ1) is 22.3. The predicted octanol–water partition coefficient (Wildman–Crippen LogP) is 4.05. The topological polar surface area (TPSA) is 67.4 Å². The van der Waals surface area contributed by atoms with E-state index in [4.69, 9.17) is 19.2 Å². The highest BCUT2D eigenvalue weighted by Crippen LogP contribution is 2.36. The van der Waals surface area contributed by atoms with E-state index in [1.54, 1.807) is 16.2 Å². The lowest BCUT2D eigenvalue weighted by atomic mass is 10.1. The average Bonchev–Trinajstić information content (AvgIpc) is 3.43. The molecule has 9 heteroatoms. The van der Waals surface area contributed by atoms with Gasteiger partial charge in [-0.2, -0.15) is 0 Å². The van der Waals surface area contributed by atoms with E-state index in [2.05, 4.69) is 28.9 Å². The quantitative estimate of drug-likeness (QED) is 0.668. The summed E-state index contributed by atoms with van der Waals surface area (Å²) in [5.74, 6) is 1.67. The van der Waals surface area contributed by atoms with Gasteiger partial charge in [-0.15, -0.1) is 0 Å². The van der Waals surface area contributed by atoms with Crippen molar-refractivity contribution in [3.05, 3.63) is 34.3 Å². The third-order valence-corrected chi connectivity index (χ3v) is 7.53. The smallest absolute Gasteiger partial charge is 0.410 e. The minimum absolute atomic E-state index is 0.241. The Morgan fingerprint density at radius 1 is 1.12 bits per heavy atom. The lowest BCUT2D eigenvalue weighted by Gasteiger charge is -2.38. The first-order valence-corrected chi connectivity index (χ1v) is 12.4. The van der Waals surface area contributed by atoms with Gasteiger partial charge in [-0.3, -0.25) is 4.90 Å². The summed E-state index contributed by atoms with van der Waals surface area (Å²) < 4.78 is 16.5. The Kier molecular flexibility index (Phi) is 5.86. The molecule has 0 radical (unpaired) electrons. The second kappa shape index (κ2) is 8.68. The van der Waals surface area contributed by atoms with Gasteiger partial charge in [0.1, 0.15) is 5.60 Å². The zero-order valence-corrected chi connectivity index (χ0v) is 20.6. The third kappa shape index (κ3) is 4.75. The molecule has 1 aromatic heterocycles. The van der Waals surface area contributed by atoms with Gasteiger partial charge in [0.25, 0.3) is 0 Å². The van der Waals surface area contributed by atoms with Crippen LogP contribution in [0.15, 0.2) is 18.2 Å². The number of benzene rings is 1. The lowest BCUT2D eigenvalue weighted by Crippen LogP contribution is -2.47. The summed E-state index contributed by atoms with van der Waals surface area (Å²) in [6.07, 6.45) is 0.542. The third-order valence-electron chi connectivity index (χ3n) is 6.38. The van der Waals surface area contributed by atoms with Crippen LogP contribution in [-0.2, 0) is 17.7 Å². The maximum absolute atomic E-state index is 12.5. The molecule has 1 fully saturated rings. The van der Waals surface area contributed by atoms with Crippen LogP contribution in [0.3, 0.4) is 0 Å². The van der Waals surface area contributed by atoms with E-state index < -0.39 is 5.60 Å². The largest absolute Gasteiger partial charge is 0.454 e. The Balaban J connectivity index is 1.19. The molecular weight excluding hydrogens is 440 g/mol. The summed E-state index contributed by atoms with van der Waals surface area (Å²) in [7, 11) is 0. The number of amides is 1. The summed E-state index contributed by atoms with van der Waals surface area (Å²) in [4.78, 5) is 25.3. The first-order valence-electron chi connectivity index (χ1n) is 11.6. The number of aromatic nitrogens is 1. The lowest BCUT2D eigenvalue weighted by molar-refractivity contribution is 0.0225. The van der Waals surface area contributed by atoms with Gasteiger partial charge in [-0.25, -0.2) is 9.78 Å². The summed E-state index contributed by atoms with van der Waals surface area (Å²) in [5, 5.41) is 1.07. The Morgan fingerprint density at radius 3 is 2.64 bits per heavy atom. The number of hydrogen-bond acceptors (Lipinski definition) is 8. The van der Waals surface area contributed by atoms with Gasteiger partial charge in [-0.05, 0) is 45.4 Å². The molecule has 1 unspecified atom stereocenters. The van der Waals surface area contributed by atoms with Gasteiger partial charge < -0.3 is 24.0 Å². The van der Waals surface area contributed by atoms with E-state index in [1.807, 2.05) is 26.8 Å². The van der Waals surface area contributed by atoms with Gasteiger partial charge in [0.05, 0.1) is 12.2 Å². The maximum atomic E-state index is 12.5. The molecular formula is C24H32N4O4S. The van der Waals surface area contributed by atoms with E-state index in [-0.39, 0.29) is 6.09 Å². The molecule has 1 saturated heterocycles. The molecule has 2 aromatic rings. The van der Waals surface area contributed by atoms with Crippen molar-refractivity contribution in [1.82, 2.24) is 14.8 Å². The summed E-state index contributed by atoms with van der Waals surface area (Å²) in [5.41, 5.74) is 1.90. The highest BCUT2D eigenvalue weighted by molar-refractivity contribution is 7.15. The van der Waals surface area contributed by atoms with Crippen LogP contribution in [0, 0.1) is 0 Å². The Morgan fingerprint density at radius 2 is 1.88 bits per heavy atom. The van der Waals surface area contributed by atoms with Crippen LogP contribution in [0.5, 0.6) is 11.5 Å². The van der Waals surface area contributed by atoms with Crippen molar-refractivity contribution in [3.63, 3.8) is 0 Å². The van der Waals surface area contributed by atoms with E-state index in [0.717, 1.165) is 54.9 Å². The zero-order valence-electron chi connectivity index (χ0n) is 19.8. The summed E-state index contributed by atoms with van der Waals surface area (Å²) in [6.45, 7) is 13.3. The molecule has 4 heterocycles. The molecule has 0 N–H and O–H groups in total. The fraction of sp³-hybridized carbons (Fsp3) is 0.583. The molecule has 178 valence electrons. The second-order valence-corrected chi connectivity index (χ2v) is 10.9. The van der Waals surface area contributed by atoms with Gasteiger partial charge in [0.15, 0.2) is 16.6 Å². The van der Waals surface area contributed by atoms with Crippen molar-refractivity contribution in [3.8, 4) is 11.5 Å². The molecule has 1 atom stereocenters. The molecule has 0 bridgehead atoms. The van der Waals surface area contributed by atoms with Gasteiger partial charge in [0.2, 0.25) is 6.79 Å². The monoisotopic (exact) mass is 472 g/mol. The standard InChI is InChI=1S/C24H32N4O4S/c1-16(17-5-6-19-20(13-17)31-15-30-19)26-9-11-27(12-10-26)22-25-18-7-8-28(14-21(18)33-22)23(29)32-24(2,3)4/h5-6,13,16H,7-12,14-15H2,1-4H3. The average molecular weight is 473 g/mol. The molecule has 0 aliphatic carbocycles. The number of thiazole rings is 1. The molecule has 1 amide bonds. The SMILES string of the molecule is CC(c1ccc2c(c1)OCO2)N1CCN(c2nc3c(s2)CN(C(=O)OC(C)(C)C)CC3)CC1. The van der Waals surface area contributed by atoms with Crippen LogP contribution in [0.1, 0.15) is 49.9 Å². The van der Waals surface area contributed by atoms with Crippen molar-refractivity contribution < 1.29 is 19.0 Å². The first-order chi connectivity index (χ1) is 15.8. The Bertz CT molecular complexity index is 1030. The van der Waals surface area contributed by atoms with Gasteiger partial charge >= 0.3 is 6.09 Å². The van der Waals surface area contributed by atoms with Crippen LogP contribution in [0.4, 0.5) is 9.93 Å². The number of anilines is 1. The van der Waals surface area contributed by atoms with Crippen LogP contribution >= 0.6 is 11.3 Å². The van der Waals surface area contributed by atoms with E-state index >= 15 is 0 Å². The molecule has 0 spiro atoms. The minimum atomic E-state index is -0.479. The summed E-state index contributed by atoms with van der Waals surface area (Å²) in [6, 6.07) is 6.56. The Hall–Kier alpha value is -2.52. The number of piperazine rings is 1. The van der Waals surface area contributed by atoms with Crippen molar-refractivity contribution in [2.45, 2.75) is 52.3 Å². The van der Waals surface area contributed by atoms with Crippen LogP contribution in [0.25, 0.3) is 0 Å². The fourth-order valence-electron chi connectivity index (χ4n) is 4.48. The zero-order chi connectivity index (χ0) is 23.2. The van der Waals surface area contributed by atoms with E-state index in [9.17, 15) is 4.79 Å². The molecule has 33 heavy (non-hydrogen) atoms. The maximum Gasteiger partial charge on any atom is 0.410 e. The molecule has 1 aromatic carbocycles. The molecule has 0 saturated carbocycles. The molecule has 8 nitrogen and oxygen atoms in total. The molecule has 5 rings (SSSR count). The van der Waals surface area contributed by atoms with Crippen LogP contribution < -0.4 is 14.4 Å². The van der Waals surface area contributed by atoms with Crippen LogP contribution in [0.2, 0.25) is 0 Å². The highest BCUT2D eigenvalue weighted by Gasteiger charge is 2.30. The number of fused-ring (bicyclic) bond motifs is 2. The highest BCUT2D eigenvalue weighted by atomic mass is 32.1. The number of nitrogens with zero attached hydrogens (tertiary/aromatic N) is 4. The van der Waals surface area contributed by atoms with Crippen molar-refractivity contribution in [1.29, 1.82) is 0 Å².